The fourth-order valence-corrected chi connectivity index (χ4v) is 1.56. The molecular weight excluding hydrogens is 258 g/mol. The number of hydrogen-bond donors (Lipinski definition) is 1. The largest absolute Gasteiger partial charge is 0.376 e. The second-order valence-electron chi connectivity index (χ2n) is 3.38. The van der Waals surface area contributed by atoms with Gasteiger partial charge in [0.1, 0.15) is 0 Å². The first-order valence-corrected chi connectivity index (χ1v) is 6.00. The number of benzene rings is 1. The van der Waals surface area contributed by atoms with Crippen molar-refractivity contribution in [2.24, 2.45) is 15.9 Å². The Balaban J connectivity index is 2.70. The molecular formula is C11H12ClN3OS. The Bertz CT molecular complexity index is 464. The Hall–Kier alpha value is -1.33. The zero-order valence-electron chi connectivity index (χ0n) is 9.48. The van der Waals surface area contributed by atoms with E-state index < -0.39 is 0 Å². The maximum Gasteiger partial charge on any atom is 0.227 e. The fourth-order valence-electron chi connectivity index (χ4n) is 0.910. The van der Waals surface area contributed by atoms with Gasteiger partial charge in [-0.3, -0.25) is 4.79 Å². The molecule has 2 N–H and O–H groups in total. The highest BCUT2D eigenvalue weighted by Gasteiger charge is 2.08. The van der Waals surface area contributed by atoms with Crippen LogP contribution in [0.4, 0.5) is 0 Å². The average Bonchev–Trinajstić information content (AvgIpc) is 2.27. The highest BCUT2D eigenvalue weighted by Crippen LogP contribution is 2.15. The van der Waals surface area contributed by atoms with E-state index in [0.717, 1.165) is 17.5 Å². The van der Waals surface area contributed by atoms with Crippen molar-refractivity contribution in [3.8, 4) is 0 Å². The lowest BCUT2D eigenvalue weighted by Gasteiger charge is -1.99. The van der Waals surface area contributed by atoms with E-state index in [1.807, 2.05) is 0 Å². The molecule has 0 heterocycles. The molecule has 0 aliphatic heterocycles. The quantitative estimate of drug-likeness (QED) is 0.510. The molecule has 0 aromatic heterocycles. The van der Waals surface area contributed by atoms with Crippen molar-refractivity contribution in [2.75, 3.05) is 0 Å². The van der Waals surface area contributed by atoms with Crippen LogP contribution in [0.1, 0.15) is 24.2 Å². The van der Waals surface area contributed by atoms with Crippen molar-refractivity contribution in [3.63, 3.8) is 0 Å². The van der Waals surface area contributed by atoms with Gasteiger partial charge in [-0.05, 0) is 49.9 Å². The van der Waals surface area contributed by atoms with Gasteiger partial charge in [-0.15, -0.1) is 5.10 Å². The summed E-state index contributed by atoms with van der Waals surface area (Å²) in [5, 5.41) is 7.99. The number of carbonyl (C=O) groups excluding carboxylic acids is 1. The molecule has 0 aliphatic rings. The van der Waals surface area contributed by atoms with Gasteiger partial charge in [0.25, 0.3) is 0 Å². The monoisotopic (exact) mass is 269 g/mol. The fraction of sp³-hybridized carbons (Fsp3) is 0.182. The molecule has 0 spiro atoms. The summed E-state index contributed by atoms with van der Waals surface area (Å²) in [6, 6.07) is 6.58. The summed E-state index contributed by atoms with van der Waals surface area (Å²) < 4.78 is 0. The van der Waals surface area contributed by atoms with Crippen LogP contribution >= 0.6 is 23.4 Å². The van der Waals surface area contributed by atoms with E-state index in [1.54, 1.807) is 38.1 Å². The molecule has 0 atom stereocenters. The van der Waals surface area contributed by atoms with Gasteiger partial charge in [0.2, 0.25) is 5.12 Å². The summed E-state index contributed by atoms with van der Waals surface area (Å²) in [6.45, 7) is 3.59. The van der Waals surface area contributed by atoms with Gasteiger partial charge in [-0.25, -0.2) is 0 Å². The topological polar surface area (TPSA) is 67.8 Å². The summed E-state index contributed by atoms with van der Waals surface area (Å²) in [5.41, 5.74) is 6.84. The lowest BCUT2D eigenvalue weighted by atomic mass is 10.2. The van der Waals surface area contributed by atoms with Crippen LogP contribution in [0.3, 0.4) is 0 Å². The van der Waals surface area contributed by atoms with Gasteiger partial charge in [-0.2, -0.15) is 5.10 Å². The first kappa shape index (κ1) is 13.7. The minimum Gasteiger partial charge on any atom is -0.376 e. The highest BCUT2D eigenvalue weighted by atomic mass is 35.5. The summed E-state index contributed by atoms with van der Waals surface area (Å²) in [6.07, 6.45) is 0. The number of thioether (sulfide) groups is 1. The molecule has 0 fully saturated rings. The van der Waals surface area contributed by atoms with Gasteiger partial charge in [0.05, 0.1) is 0 Å². The van der Waals surface area contributed by atoms with Crippen LogP contribution in [0.2, 0.25) is 5.02 Å². The number of rotatable bonds is 2. The van der Waals surface area contributed by atoms with Crippen LogP contribution in [-0.2, 0) is 0 Å². The first-order chi connectivity index (χ1) is 7.99. The SMILES string of the molecule is CC(C)=N/N=C(\N)SC(=O)c1ccc(Cl)cc1. The Morgan fingerprint density at radius 1 is 1.24 bits per heavy atom. The van der Waals surface area contributed by atoms with Crippen molar-refractivity contribution in [3.05, 3.63) is 34.9 Å². The lowest BCUT2D eigenvalue weighted by molar-refractivity contribution is 0.109. The first-order valence-electron chi connectivity index (χ1n) is 4.81. The summed E-state index contributed by atoms with van der Waals surface area (Å²) in [5.74, 6) is 0. The molecule has 0 amide bonds. The second kappa shape index (κ2) is 6.42. The maximum atomic E-state index is 11.7. The van der Waals surface area contributed by atoms with Crippen LogP contribution in [-0.4, -0.2) is 16.0 Å². The molecule has 1 aromatic rings. The van der Waals surface area contributed by atoms with E-state index in [2.05, 4.69) is 10.2 Å². The number of hydrogen-bond acceptors (Lipinski definition) is 4. The number of nitrogens with zero attached hydrogens (tertiary/aromatic N) is 2. The number of amidine groups is 1. The summed E-state index contributed by atoms with van der Waals surface area (Å²) in [7, 11) is 0. The second-order valence-corrected chi connectivity index (χ2v) is 4.81. The molecule has 0 radical (unpaired) electrons. The zero-order valence-corrected chi connectivity index (χ0v) is 11.0. The van der Waals surface area contributed by atoms with E-state index in [1.165, 1.54) is 0 Å². The standard InChI is InChI=1S/C11H12ClN3OS/c1-7(2)14-15-11(13)17-10(16)8-3-5-9(12)6-4-8/h3-6H,1-2H3,(H2,13,15). The number of carbonyl (C=O) groups is 1. The smallest absolute Gasteiger partial charge is 0.227 e. The molecule has 90 valence electrons. The van der Waals surface area contributed by atoms with Gasteiger partial charge in [-0.1, -0.05) is 11.6 Å². The molecule has 0 saturated carbocycles. The van der Waals surface area contributed by atoms with E-state index in [-0.39, 0.29) is 10.3 Å². The molecule has 4 nitrogen and oxygen atoms in total. The van der Waals surface area contributed by atoms with Crippen LogP contribution in [0.25, 0.3) is 0 Å². The van der Waals surface area contributed by atoms with E-state index in [4.69, 9.17) is 17.3 Å². The maximum absolute atomic E-state index is 11.7. The molecule has 1 rings (SSSR count). The molecule has 0 bridgehead atoms. The highest BCUT2D eigenvalue weighted by molar-refractivity contribution is 8.26. The third-order valence-electron chi connectivity index (χ3n) is 1.63. The van der Waals surface area contributed by atoms with Gasteiger partial charge < -0.3 is 5.73 Å². The molecule has 0 aliphatic carbocycles. The Labute approximate surface area is 109 Å². The Kier molecular flexibility index (Phi) is 5.18. The van der Waals surface area contributed by atoms with E-state index in [0.29, 0.717) is 10.6 Å². The van der Waals surface area contributed by atoms with Crippen molar-refractivity contribution in [1.82, 2.24) is 0 Å². The van der Waals surface area contributed by atoms with Crippen LogP contribution in [0, 0.1) is 0 Å². The van der Waals surface area contributed by atoms with Crippen molar-refractivity contribution >= 4 is 39.4 Å². The molecule has 1 aromatic carbocycles. The molecule has 0 unspecified atom stereocenters. The van der Waals surface area contributed by atoms with Crippen molar-refractivity contribution in [2.45, 2.75) is 13.8 Å². The number of halogens is 1. The minimum absolute atomic E-state index is 0.117. The van der Waals surface area contributed by atoms with Crippen LogP contribution in [0.5, 0.6) is 0 Å². The van der Waals surface area contributed by atoms with Crippen LogP contribution < -0.4 is 5.73 Å². The normalized spacial score (nSPS) is 11.1. The van der Waals surface area contributed by atoms with Crippen LogP contribution in [0.15, 0.2) is 34.5 Å². The minimum atomic E-state index is -0.188. The van der Waals surface area contributed by atoms with E-state index in [9.17, 15) is 4.79 Å². The predicted octanol–water partition coefficient (Wildman–Crippen LogP) is 2.92. The van der Waals surface area contributed by atoms with Gasteiger partial charge in [0, 0.05) is 16.3 Å². The van der Waals surface area contributed by atoms with Gasteiger partial charge >= 0.3 is 0 Å². The van der Waals surface area contributed by atoms with Crippen molar-refractivity contribution < 1.29 is 4.79 Å². The average molecular weight is 270 g/mol. The van der Waals surface area contributed by atoms with Crippen molar-refractivity contribution in [1.29, 1.82) is 0 Å². The third-order valence-corrected chi connectivity index (χ3v) is 2.59. The molecule has 0 saturated heterocycles. The molecule has 6 heteroatoms. The van der Waals surface area contributed by atoms with E-state index >= 15 is 0 Å². The zero-order chi connectivity index (χ0) is 12.8. The lowest BCUT2D eigenvalue weighted by Crippen LogP contribution is -2.10. The van der Waals surface area contributed by atoms with Gasteiger partial charge in [0.15, 0.2) is 5.17 Å². The summed E-state index contributed by atoms with van der Waals surface area (Å²) in [4.78, 5) is 11.7. The predicted molar refractivity (Wildman–Crippen MR) is 73.8 cm³/mol. The Morgan fingerprint density at radius 2 is 1.82 bits per heavy atom. The molecule has 17 heavy (non-hydrogen) atoms. The summed E-state index contributed by atoms with van der Waals surface area (Å²) >= 11 is 6.56. The number of nitrogens with two attached hydrogens (primary N) is 1. The Morgan fingerprint density at radius 3 is 2.35 bits per heavy atom. The third kappa shape index (κ3) is 5.01.